The molecule has 8 nitrogen and oxygen atoms in total. The summed E-state index contributed by atoms with van der Waals surface area (Å²) < 4.78 is 11.0. The van der Waals surface area contributed by atoms with Gasteiger partial charge in [0.15, 0.2) is 10.9 Å². The van der Waals surface area contributed by atoms with Gasteiger partial charge in [-0.1, -0.05) is 0 Å². The van der Waals surface area contributed by atoms with Crippen LogP contribution in [-0.4, -0.2) is 43.6 Å². The van der Waals surface area contributed by atoms with E-state index in [1.165, 1.54) is 18.3 Å². The zero-order valence-corrected chi connectivity index (χ0v) is 17.5. The number of nitrogens with one attached hydrogen (secondary N) is 3. The number of hydrogen-bond donors (Lipinski definition) is 3. The molecule has 0 spiro atoms. The fourth-order valence-corrected chi connectivity index (χ4v) is 3.81. The maximum absolute atomic E-state index is 12.9. The molecule has 2 amide bonds. The molecule has 0 atom stereocenters. The quantitative estimate of drug-likeness (QED) is 0.625. The van der Waals surface area contributed by atoms with Crippen LogP contribution in [0.4, 0.5) is 5.13 Å². The molecule has 0 unspecified atom stereocenters. The Morgan fingerprint density at radius 1 is 1.36 bits per heavy atom. The molecule has 0 bridgehead atoms. The van der Waals surface area contributed by atoms with E-state index < -0.39 is 5.41 Å². The van der Waals surface area contributed by atoms with Crippen LogP contribution < -0.4 is 16.0 Å². The lowest BCUT2D eigenvalue weighted by Gasteiger charge is -2.35. The fourth-order valence-electron chi connectivity index (χ4n) is 3.11. The van der Waals surface area contributed by atoms with Gasteiger partial charge in [0.25, 0.3) is 0 Å². The summed E-state index contributed by atoms with van der Waals surface area (Å²) in [5.74, 6) is 1.07. The fraction of sp³-hybridized carbons (Fsp3) is 0.500. The zero-order valence-electron chi connectivity index (χ0n) is 15.9. The third kappa shape index (κ3) is 5.32. The molecule has 28 heavy (non-hydrogen) atoms. The van der Waals surface area contributed by atoms with E-state index in [0.717, 1.165) is 25.9 Å². The largest absolute Gasteiger partial charge is 0.458 e. The summed E-state index contributed by atoms with van der Waals surface area (Å²) >= 11 is 1.35. The maximum Gasteiger partial charge on any atom is 0.234 e. The minimum absolute atomic E-state index is 0. The molecule has 2 aromatic rings. The van der Waals surface area contributed by atoms with Crippen LogP contribution in [0.3, 0.4) is 0 Å². The van der Waals surface area contributed by atoms with Crippen LogP contribution in [0, 0.1) is 5.41 Å². The molecule has 154 valence electrons. The van der Waals surface area contributed by atoms with Crippen LogP contribution in [0.1, 0.15) is 25.5 Å². The lowest BCUT2D eigenvalue weighted by Crippen LogP contribution is -2.47. The summed E-state index contributed by atoms with van der Waals surface area (Å²) in [5, 5.41) is 11.3. The Hall–Kier alpha value is -1.94. The Bertz CT molecular complexity index is 796. The molecule has 3 rings (SSSR count). The first kappa shape index (κ1) is 22.4. The Morgan fingerprint density at radius 2 is 2.11 bits per heavy atom. The lowest BCUT2D eigenvalue weighted by molar-refractivity contribution is -0.130. The number of hydrogen-bond acceptors (Lipinski definition) is 7. The Labute approximate surface area is 173 Å². The summed E-state index contributed by atoms with van der Waals surface area (Å²) in [6, 6.07) is 3.60. The number of halogens is 1. The van der Waals surface area contributed by atoms with Gasteiger partial charge in [-0.3, -0.25) is 9.59 Å². The van der Waals surface area contributed by atoms with Crippen molar-refractivity contribution in [2.24, 2.45) is 5.41 Å². The molecule has 0 radical (unpaired) electrons. The molecular formula is C18H25ClN4O4S. The summed E-state index contributed by atoms with van der Waals surface area (Å²) in [6.45, 7) is 3.77. The molecule has 10 heteroatoms. The standard InChI is InChI=1S/C18H24N4O4S.ClH/c1-12(23)20-9-13-3-4-15(26-13)14-10-27-17(21-14)22-16(24)18(11-25-2)5-7-19-8-6-18;/h3-4,10,19H,5-9,11H2,1-2H3,(H,20,23)(H,21,22,24);1H. The molecule has 0 aliphatic carbocycles. The number of aromatic nitrogens is 1. The normalized spacial score (nSPS) is 15.5. The van der Waals surface area contributed by atoms with Crippen molar-refractivity contribution in [3.8, 4) is 11.5 Å². The average Bonchev–Trinajstić information content (AvgIpc) is 3.30. The van der Waals surface area contributed by atoms with Gasteiger partial charge in [-0.25, -0.2) is 4.98 Å². The summed E-state index contributed by atoms with van der Waals surface area (Å²) in [7, 11) is 1.62. The van der Waals surface area contributed by atoms with E-state index in [2.05, 4.69) is 20.9 Å². The Kier molecular flexibility index (Phi) is 7.99. The van der Waals surface area contributed by atoms with Crippen molar-refractivity contribution in [1.82, 2.24) is 15.6 Å². The highest BCUT2D eigenvalue weighted by Crippen LogP contribution is 2.32. The second kappa shape index (κ2) is 10.0. The van der Waals surface area contributed by atoms with Crippen LogP contribution in [-0.2, 0) is 20.9 Å². The van der Waals surface area contributed by atoms with Crippen LogP contribution in [0.15, 0.2) is 21.9 Å². The lowest BCUT2D eigenvalue weighted by atomic mass is 9.79. The van der Waals surface area contributed by atoms with E-state index >= 15 is 0 Å². The number of rotatable bonds is 7. The van der Waals surface area contributed by atoms with Crippen molar-refractivity contribution in [2.45, 2.75) is 26.3 Å². The monoisotopic (exact) mass is 428 g/mol. The highest BCUT2D eigenvalue weighted by atomic mass is 35.5. The number of carbonyl (C=O) groups is 2. The van der Waals surface area contributed by atoms with Crippen molar-refractivity contribution >= 4 is 40.7 Å². The second-order valence-corrected chi connectivity index (χ2v) is 7.49. The van der Waals surface area contributed by atoms with Crippen LogP contribution >= 0.6 is 23.7 Å². The molecule has 1 aliphatic heterocycles. The number of carbonyl (C=O) groups excluding carboxylic acids is 2. The van der Waals surface area contributed by atoms with Gasteiger partial charge in [0.2, 0.25) is 11.8 Å². The number of anilines is 1. The van der Waals surface area contributed by atoms with Gasteiger partial charge in [-0.15, -0.1) is 23.7 Å². The predicted molar refractivity (Wildman–Crippen MR) is 110 cm³/mol. The summed E-state index contributed by atoms with van der Waals surface area (Å²) in [4.78, 5) is 28.3. The van der Waals surface area contributed by atoms with E-state index in [9.17, 15) is 9.59 Å². The number of amides is 2. The molecule has 1 fully saturated rings. The first-order chi connectivity index (χ1) is 13.0. The minimum Gasteiger partial charge on any atom is -0.458 e. The van der Waals surface area contributed by atoms with E-state index in [1.807, 2.05) is 5.38 Å². The van der Waals surface area contributed by atoms with Crippen molar-refractivity contribution in [3.05, 3.63) is 23.3 Å². The highest BCUT2D eigenvalue weighted by molar-refractivity contribution is 7.14. The van der Waals surface area contributed by atoms with Gasteiger partial charge in [-0.05, 0) is 38.1 Å². The Balaban J connectivity index is 0.00000280. The van der Waals surface area contributed by atoms with Crippen molar-refractivity contribution in [2.75, 3.05) is 32.1 Å². The minimum atomic E-state index is -0.526. The van der Waals surface area contributed by atoms with Crippen LogP contribution in [0.25, 0.3) is 11.5 Å². The molecule has 0 saturated carbocycles. The highest BCUT2D eigenvalue weighted by Gasteiger charge is 2.40. The predicted octanol–water partition coefficient (Wildman–Crippen LogP) is 2.42. The van der Waals surface area contributed by atoms with Gasteiger partial charge in [-0.2, -0.15) is 0 Å². The number of piperidine rings is 1. The number of nitrogens with zero attached hydrogens (tertiary/aromatic N) is 1. The number of thiazole rings is 1. The first-order valence-corrected chi connectivity index (χ1v) is 9.70. The van der Waals surface area contributed by atoms with E-state index in [4.69, 9.17) is 9.15 Å². The number of ether oxygens (including phenoxy) is 1. The van der Waals surface area contributed by atoms with E-state index in [1.54, 1.807) is 19.2 Å². The summed E-state index contributed by atoms with van der Waals surface area (Å²) in [5.41, 5.74) is 0.123. The smallest absolute Gasteiger partial charge is 0.234 e. The molecule has 3 heterocycles. The van der Waals surface area contributed by atoms with Gasteiger partial charge < -0.3 is 25.1 Å². The maximum atomic E-state index is 12.9. The molecular weight excluding hydrogens is 404 g/mol. The van der Waals surface area contributed by atoms with Gasteiger partial charge in [0.1, 0.15) is 11.5 Å². The van der Waals surface area contributed by atoms with Gasteiger partial charge >= 0.3 is 0 Å². The molecule has 1 aliphatic rings. The average molecular weight is 429 g/mol. The van der Waals surface area contributed by atoms with Crippen LogP contribution in [0.2, 0.25) is 0 Å². The first-order valence-electron chi connectivity index (χ1n) is 8.82. The molecule has 0 aromatic carbocycles. The van der Waals surface area contributed by atoms with Crippen molar-refractivity contribution in [1.29, 1.82) is 0 Å². The molecule has 3 N–H and O–H groups in total. The van der Waals surface area contributed by atoms with Crippen molar-refractivity contribution in [3.63, 3.8) is 0 Å². The molecule has 2 aromatic heterocycles. The third-order valence-electron chi connectivity index (χ3n) is 4.61. The second-order valence-electron chi connectivity index (χ2n) is 6.63. The third-order valence-corrected chi connectivity index (χ3v) is 5.37. The SMILES string of the molecule is COCC1(C(=O)Nc2nc(-c3ccc(CNC(C)=O)o3)cs2)CCNCC1.Cl. The van der Waals surface area contributed by atoms with Gasteiger partial charge in [0.05, 0.1) is 18.6 Å². The van der Waals surface area contributed by atoms with Gasteiger partial charge in [0, 0.05) is 19.4 Å². The van der Waals surface area contributed by atoms with Crippen molar-refractivity contribution < 1.29 is 18.7 Å². The topological polar surface area (TPSA) is 105 Å². The zero-order chi connectivity index (χ0) is 19.3. The molecule has 1 saturated heterocycles. The number of methoxy groups -OCH3 is 1. The van der Waals surface area contributed by atoms with E-state index in [-0.39, 0.29) is 24.2 Å². The van der Waals surface area contributed by atoms with Crippen LogP contribution in [0.5, 0.6) is 0 Å². The number of furan rings is 1. The Morgan fingerprint density at radius 3 is 2.79 bits per heavy atom. The summed E-state index contributed by atoms with van der Waals surface area (Å²) in [6.07, 6.45) is 1.46. The van der Waals surface area contributed by atoms with E-state index in [0.29, 0.717) is 35.5 Å².